The van der Waals surface area contributed by atoms with Crippen molar-refractivity contribution < 1.29 is 31.9 Å². The van der Waals surface area contributed by atoms with Crippen molar-refractivity contribution in [2.45, 2.75) is 24.3 Å². The highest BCUT2D eigenvalue weighted by atomic mass is 35.5. The first-order chi connectivity index (χ1) is 8.26. The second-order valence-corrected chi connectivity index (χ2v) is 4.09. The number of ether oxygens (including phenoxy) is 1. The Kier molecular flexibility index (Phi) is 4.55. The third-order valence-corrected chi connectivity index (χ3v) is 2.85. The van der Waals surface area contributed by atoms with Crippen LogP contribution in [0.3, 0.4) is 0 Å². The maximum atomic E-state index is 12.8. The van der Waals surface area contributed by atoms with Crippen LogP contribution in [0.15, 0.2) is 0 Å². The van der Waals surface area contributed by atoms with Crippen LogP contribution < -0.4 is 5.32 Å². The highest BCUT2D eigenvalue weighted by molar-refractivity contribution is 6.29. The Balaban J connectivity index is 2.86. The fraction of sp³-hybridized carbons (Fsp3) is 0.778. The van der Waals surface area contributed by atoms with E-state index in [1.54, 1.807) is 5.32 Å². The molecule has 1 N–H and O–H groups in total. The number of halogens is 5. The van der Waals surface area contributed by atoms with Gasteiger partial charge in [0.1, 0.15) is 5.54 Å². The van der Waals surface area contributed by atoms with Gasteiger partial charge in [0.2, 0.25) is 0 Å². The maximum absolute atomic E-state index is 12.8. The monoisotopic (exact) mass is 291 g/mol. The Morgan fingerprint density at radius 2 is 2.06 bits per heavy atom. The fourth-order valence-corrected chi connectivity index (χ4v) is 1.74. The summed E-state index contributed by atoms with van der Waals surface area (Å²) in [5, 5.41) is 1.64. The van der Waals surface area contributed by atoms with Crippen molar-refractivity contribution in [2.75, 3.05) is 19.1 Å². The van der Waals surface area contributed by atoms with Gasteiger partial charge in [0.05, 0.1) is 12.5 Å². The zero-order valence-corrected chi connectivity index (χ0v) is 9.78. The summed E-state index contributed by atoms with van der Waals surface area (Å²) in [6, 6.07) is 0. The normalized spacial score (nSPS) is 24.3. The Labute approximate surface area is 105 Å². The van der Waals surface area contributed by atoms with Gasteiger partial charge in [-0.3, -0.25) is 9.59 Å². The molecule has 1 heterocycles. The summed E-state index contributed by atoms with van der Waals surface area (Å²) < 4.78 is 54.4. The van der Waals surface area contributed by atoms with Gasteiger partial charge in [0, 0.05) is 13.0 Å². The molecular formula is C9H10ClF4NO3. The second-order valence-electron chi connectivity index (χ2n) is 3.82. The van der Waals surface area contributed by atoms with E-state index in [4.69, 9.17) is 16.3 Å². The molecule has 0 aromatic carbocycles. The summed E-state index contributed by atoms with van der Waals surface area (Å²) in [6.45, 7) is -0.313. The molecule has 1 aliphatic rings. The minimum absolute atomic E-state index is 0.0448. The standard InChI is InChI=1S/C9H10ClF4NO3/c10-3-5(16)8(1-2-18-4-8)15-7(17)9(13,14)6(11)12/h6H,1-4H2,(H,15,17). The molecule has 18 heavy (non-hydrogen) atoms. The molecule has 0 spiro atoms. The second kappa shape index (κ2) is 5.40. The highest BCUT2D eigenvalue weighted by Crippen LogP contribution is 2.27. The summed E-state index contributed by atoms with van der Waals surface area (Å²) >= 11 is 5.29. The van der Waals surface area contributed by atoms with Crippen molar-refractivity contribution in [1.82, 2.24) is 5.32 Å². The average molecular weight is 292 g/mol. The molecule has 1 saturated heterocycles. The van der Waals surface area contributed by atoms with Crippen LogP contribution in [-0.2, 0) is 14.3 Å². The summed E-state index contributed by atoms with van der Waals surface area (Å²) in [6.07, 6.45) is -4.23. The Hall–Kier alpha value is -0.890. The van der Waals surface area contributed by atoms with Gasteiger partial charge in [0.15, 0.2) is 5.78 Å². The van der Waals surface area contributed by atoms with E-state index in [0.29, 0.717) is 0 Å². The van der Waals surface area contributed by atoms with Crippen LogP contribution in [0, 0.1) is 0 Å². The van der Waals surface area contributed by atoms with Crippen LogP contribution in [0.4, 0.5) is 17.6 Å². The van der Waals surface area contributed by atoms with E-state index in [-0.39, 0.29) is 19.6 Å². The summed E-state index contributed by atoms with van der Waals surface area (Å²) in [7, 11) is 0. The first-order valence-corrected chi connectivity index (χ1v) is 5.45. The number of amides is 1. The molecule has 0 aromatic rings. The van der Waals surface area contributed by atoms with Crippen LogP contribution in [0.25, 0.3) is 0 Å². The number of hydrogen-bond acceptors (Lipinski definition) is 3. The molecule has 0 radical (unpaired) electrons. The maximum Gasteiger partial charge on any atom is 0.383 e. The summed E-state index contributed by atoms with van der Waals surface area (Å²) in [4.78, 5) is 22.6. The van der Waals surface area contributed by atoms with Crippen molar-refractivity contribution in [3.63, 3.8) is 0 Å². The molecule has 0 saturated carbocycles. The number of hydrogen-bond donors (Lipinski definition) is 1. The van der Waals surface area contributed by atoms with Crippen LogP contribution in [0.5, 0.6) is 0 Å². The smallest absolute Gasteiger partial charge is 0.378 e. The lowest BCUT2D eigenvalue weighted by Gasteiger charge is -2.28. The van der Waals surface area contributed by atoms with Gasteiger partial charge in [-0.05, 0) is 0 Å². The summed E-state index contributed by atoms with van der Waals surface area (Å²) in [5.74, 6) is -8.35. The minimum Gasteiger partial charge on any atom is -0.378 e. The molecule has 9 heteroatoms. The number of rotatable bonds is 5. The van der Waals surface area contributed by atoms with Crippen LogP contribution in [-0.4, -0.2) is 48.7 Å². The third-order valence-electron chi connectivity index (χ3n) is 2.61. The Morgan fingerprint density at radius 3 is 2.44 bits per heavy atom. The van der Waals surface area contributed by atoms with E-state index in [0.717, 1.165) is 0 Å². The van der Waals surface area contributed by atoms with Gasteiger partial charge < -0.3 is 10.1 Å². The van der Waals surface area contributed by atoms with E-state index in [9.17, 15) is 27.2 Å². The number of carbonyl (C=O) groups excluding carboxylic acids is 2. The van der Waals surface area contributed by atoms with E-state index < -0.39 is 35.5 Å². The average Bonchev–Trinajstić information content (AvgIpc) is 2.77. The van der Waals surface area contributed by atoms with Crippen molar-refractivity contribution >= 4 is 23.3 Å². The third kappa shape index (κ3) is 2.74. The lowest BCUT2D eigenvalue weighted by Crippen LogP contribution is -2.60. The molecule has 1 fully saturated rings. The summed E-state index contributed by atoms with van der Waals surface area (Å²) in [5.41, 5.74) is -1.74. The Morgan fingerprint density at radius 1 is 1.44 bits per heavy atom. The minimum atomic E-state index is -4.86. The lowest BCUT2D eigenvalue weighted by atomic mass is 9.93. The zero-order chi connectivity index (χ0) is 14.0. The molecule has 0 bridgehead atoms. The van der Waals surface area contributed by atoms with Gasteiger partial charge in [-0.2, -0.15) is 8.78 Å². The first kappa shape index (κ1) is 15.2. The van der Waals surface area contributed by atoms with Gasteiger partial charge in [0.25, 0.3) is 5.91 Å². The first-order valence-electron chi connectivity index (χ1n) is 4.92. The van der Waals surface area contributed by atoms with Crippen molar-refractivity contribution in [2.24, 2.45) is 0 Å². The topological polar surface area (TPSA) is 55.4 Å². The number of Topliss-reactive ketones (excluding diaryl/α,β-unsaturated/α-hetero) is 1. The van der Waals surface area contributed by atoms with E-state index in [1.165, 1.54) is 0 Å². The largest absolute Gasteiger partial charge is 0.383 e. The van der Waals surface area contributed by atoms with Gasteiger partial charge in [-0.25, -0.2) is 8.78 Å². The van der Waals surface area contributed by atoms with Gasteiger partial charge in [-0.1, -0.05) is 0 Å². The Bertz CT molecular complexity index is 345. The molecule has 0 aliphatic carbocycles. The molecular weight excluding hydrogens is 282 g/mol. The van der Waals surface area contributed by atoms with E-state index in [1.807, 2.05) is 0 Å². The zero-order valence-electron chi connectivity index (χ0n) is 9.02. The van der Waals surface area contributed by atoms with Crippen LogP contribution in [0.1, 0.15) is 6.42 Å². The number of nitrogens with one attached hydrogen (secondary N) is 1. The predicted molar refractivity (Wildman–Crippen MR) is 53.0 cm³/mol. The van der Waals surface area contributed by atoms with E-state index in [2.05, 4.69) is 0 Å². The van der Waals surface area contributed by atoms with Crippen molar-refractivity contribution in [3.8, 4) is 0 Å². The molecule has 104 valence electrons. The quantitative estimate of drug-likeness (QED) is 0.607. The SMILES string of the molecule is O=C(CCl)C1(NC(=O)C(F)(F)C(F)F)CCOC1. The number of carbonyl (C=O) groups is 2. The molecule has 1 atom stereocenters. The predicted octanol–water partition coefficient (Wildman–Crippen LogP) is 0.970. The van der Waals surface area contributed by atoms with Crippen LogP contribution >= 0.6 is 11.6 Å². The highest BCUT2D eigenvalue weighted by Gasteiger charge is 2.53. The van der Waals surface area contributed by atoms with Crippen LogP contribution in [0.2, 0.25) is 0 Å². The molecule has 1 rings (SSSR count). The molecule has 4 nitrogen and oxygen atoms in total. The molecule has 1 amide bonds. The fourth-order valence-electron chi connectivity index (χ4n) is 1.48. The van der Waals surface area contributed by atoms with E-state index >= 15 is 0 Å². The van der Waals surface area contributed by atoms with Crippen molar-refractivity contribution in [1.29, 1.82) is 0 Å². The molecule has 0 aromatic heterocycles. The number of ketones is 1. The molecule has 1 aliphatic heterocycles. The number of alkyl halides is 5. The van der Waals surface area contributed by atoms with Gasteiger partial charge in [-0.15, -0.1) is 11.6 Å². The van der Waals surface area contributed by atoms with Gasteiger partial charge >= 0.3 is 12.3 Å². The van der Waals surface area contributed by atoms with Crippen molar-refractivity contribution in [3.05, 3.63) is 0 Å². The lowest BCUT2D eigenvalue weighted by molar-refractivity contribution is -0.172. The molecule has 1 unspecified atom stereocenters.